The topological polar surface area (TPSA) is 99.6 Å². The van der Waals surface area contributed by atoms with Gasteiger partial charge in [0.15, 0.2) is 0 Å². The molecule has 2 aromatic rings. The van der Waals surface area contributed by atoms with E-state index in [4.69, 9.17) is 0 Å². The normalized spacial score (nSPS) is 11.2. The summed E-state index contributed by atoms with van der Waals surface area (Å²) in [5.41, 5.74) is 0.0757. The van der Waals surface area contributed by atoms with E-state index in [2.05, 4.69) is 9.71 Å². The van der Waals surface area contributed by atoms with Crippen molar-refractivity contribution >= 4 is 38.8 Å². The summed E-state index contributed by atoms with van der Waals surface area (Å²) in [6.45, 7) is 4.99. The number of hydrogen-bond acceptors (Lipinski definition) is 6. The second-order valence-electron chi connectivity index (χ2n) is 4.61. The van der Waals surface area contributed by atoms with Crippen molar-refractivity contribution < 1.29 is 18.3 Å². The lowest BCUT2D eigenvalue weighted by Gasteiger charge is -2.21. The monoisotopic (exact) mass is 355 g/mol. The zero-order valence-corrected chi connectivity index (χ0v) is 14.3. The van der Waals surface area contributed by atoms with Gasteiger partial charge in [-0.25, -0.2) is 18.2 Å². The number of anilines is 2. The lowest BCUT2D eigenvalue weighted by molar-refractivity contribution is 0.0697. The van der Waals surface area contributed by atoms with Crippen LogP contribution in [0.3, 0.4) is 0 Å². The number of hydrogen-bond donors (Lipinski definition) is 2. The maximum atomic E-state index is 12.2. The Kier molecular flexibility index (Phi) is 5.22. The highest BCUT2D eigenvalue weighted by Crippen LogP contribution is 2.24. The maximum Gasteiger partial charge on any atom is 0.339 e. The van der Waals surface area contributed by atoms with Crippen LogP contribution in [0, 0.1) is 0 Å². The molecule has 0 unspecified atom stereocenters. The standard InChI is InChI=1S/C14H17N3O4S2/c1-3-17(4-2)13-11(14(18)19)8-10(9-15-13)16-23(20,21)12-6-5-7-22-12/h5-9,16H,3-4H2,1-2H3,(H,18,19). The molecule has 0 atom stereocenters. The summed E-state index contributed by atoms with van der Waals surface area (Å²) >= 11 is 1.08. The highest BCUT2D eigenvalue weighted by atomic mass is 32.2. The first-order chi connectivity index (χ1) is 10.9. The molecule has 0 bridgehead atoms. The van der Waals surface area contributed by atoms with Crippen molar-refractivity contribution in [1.29, 1.82) is 0 Å². The molecule has 0 fully saturated rings. The van der Waals surface area contributed by atoms with Crippen LogP contribution in [0.4, 0.5) is 11.5 Å². The number of rotatable bonds is 7. The van der Waals surface area contributed by atoms with Crippen LogP contribution in [0.15, 0.2) is 34.0 Å². The average molecular weight is 355 g/mol. The van der Waals surface area contributed by atoms with Gasteiger partial charge in [0.2, 0.25) is 0 Å². The summed E-state index contributed by atoms with van der Waals surface area (Å²) < 4.78 is 26.9. The zero-order chi connectivity index (χ0) is 17.0. The first-order valence-corrected chi connectivity index (χ1v) is 9.30. The zero-order valence-electron chi connectivity index (χ0n) is 12.7. The van der Waals surface area contributed by atoms with Crippen LogP contribution >= 0.6 is 11.3 Å². The third kappa shape index (κ3) is 3.80. The molecule has 0 aliphatic carbocycles. The second kappa shape index (κ2) is 6.97. The van der Waals surface area contributed by atoms with E-state index in [1.807, 2.05) is 13.8 Å². The molecule has 124 valence electrons. The van der Waals surface area contributed by atoms with Gasteiger partial charge in [-0.05, 0) is 31.4 Å². The Morgan fingerprint density at radius 1 is 1.39 bits per heavy atom. The fraction of sp³-hybridized carbons (Fsp3) is 0.286. The van der Waals surface area contributed by atoms with E-state index in [0.29, 0.717) is 18.9 Å². The van der Waals surface area contributed by atoms with Gasteiger partial charge >= 0.3 is 5.97 Å². The third-order valence-electron chi connectivity index (χ3n) is 3.17. The second-order valence-corrected chi connectivity index (χ2v) is 7.47. The van der Waals surface area contributed by atoms with E-state index in [0.717, 1.165) is 11.3 Å². The van der Waals surface area contributed by atoms with Crippen molar-refractivity contribution in [2.24, 2.45) is 0 Å². The SMILES string of the molecule is CCN(CC)c1ncc(NS(=O)(=O)c2cccs2)cc1C(=O)O. The summed E-state index contributed by atoms with van der Waals surface area (Å²) in [7, 11) is -3.73. The number of carboxylic acid groups (broad SMARTS) is 1. The van der Waals surface area contributed by atoms with Crippen molar-refractivity contribution in [2.45, 2.75) is 18.1 Å². The number of nitrogens with one attached hydrogen (secondary N) is 1. The molecule has 2 heterocycles. The molecular formula is C14H17N3O4S2. The van der Waals surface area contributed by atoms with Gasteiger partial charge in [-0.3, -0.25) is 4.72 Å². The van der Waals surface area contributed by atoms with Gasteiger partial charge in [0.1, 0.15) is 15.6 Å². The molecule has 2 N–H and O–H groups in total. The predicted molar refractivity (Wildman–Crippen MR) is 89.9 cm³/mol. The Bertz CT molecular complexity index is 784. The van der Waals surface area contributed by atoms with Crippen molar-refractivity contribution in [3.05, 3.63) is 35.3 Å². The quantitative estimate of drug-likeness (QED) is 0.791. The van der Waals surface area contributed by atoms with Gasteiger partial charge in [-0.15, -0.1) is 11.3 Å². The molecule has 0 saturated heterocycles. The van der Waals surface area contributed by atoms with Crippen molar-refractivity contribution in [3.63, 3.8) is 0 Å². The lowest BCUT2D eigenvalue weighted by Crippen LogP contribution is -2.25. The number of pyridine rings is 1. The summed E-state index contributed by atoms with van der Waals surface area (Å²) in [6.07, 6.45) is 1.32. The number of thiophene rings is 1. The predicted octanol–water partition coefficient (Wildman–Crippen LogP) is 2.49. The number of carboxylic acids is 1. The Labute approximate surface area is 138 Å². The molecule has 0 amide bonds. The largest absolute Gasteiger partial charge is 0.478 e. The van der Waals surface area contributed by atoms with Crippen LogP contribution in [-0.4, -0.2) is 37.6 Å². The highest BCUT2D eigenvalue weighted by Gasteiger charge is 2.20. The lowest BCUT2D eigenvalue weighted by atomic mass is 10.2. The fourth-order valence-corrected chi connectivity index (χ4v) is 4.09. The average Bonchev–Trinajstić information content (AvgIpc) is 3.04. The smallest absolute Gasteiger partial charge is 0.339 e. The van der Waals surface area contributed by atoms with Crippen molar-refractivity contribution in [3.8, 4) is 0 Å². The van der Waals surface area contributed by atoms with Gasteiger partial charge in [-0.2, -0.15) is 0 Å². The van der Waals surface area contributed by atoms with Gasteiger partial charge in [-0.1, -0.05) is 6.07 Å². The van der Waals surface area contributed by atoms with Crippen LogP contribution in [0.25, 0.3) is 0 Å². The molecule has 9 heteroatoms. The van der Waals surface area contributed by atoms with E-state index in [1.165, 1.54) is 18.3 Å². The molecule has 23 heavy (non-hydrogen) atoms. The molecule has 2 aromatic heterocycles. The van der Waals surface area contributed by atoms with Crippen molar-refractivity contribution in [2.75, 3.05) is 22.7 Å². The molecule has 0 spiro atoms. The summed E-state index contributed by atoms with van der Waals surface area (Å²) in [6, 6.07) is 4.39. The van der Waals surface area contributed by atoms with E-state index in [-0.39, 0.29) is 15.5 Å². The number of sulfonamides is 1. The van der Waals surface area contributed by atoms with Crippen LogP contribution in [0.5, 0.6) is 0 Å². The molecule has 0 aliphatic heterocycles. The van der Waals surface area contributed by atoms with E-state index >= 15 is 0 Å². The van der Waals surface area contributed by atoms with Gasteiger partial charge < -0.3 is 10.0 Å². The van der Waals surface area contributed by atoms with Crippen LogP contribution in [-0.2, 0) is 10.0 Å². The minimum Gasteiger partial charge on any atom is -0.478 e. The highest BCUT2D eigenvalue weighted by molar-refractivity contribution is 7.94. The number of carbonyl (C=O) groups is 1. The van der Waals surface area contributed by atoms with E-state index in [9.17, 15) is 18.3 Å². The first kappa shape index (κ1) is 17.2. The minimum absolute atomic E-state index is 0.0416. The summed E-state index contributed by atoms with van der Waals surface area (Å²) in [4.78, 5) is 17.4. The van der Waals surface area contributed by atoms with Gasteiger partial charge in [0.25, 0.3) is 10.0 Å². The van der Waals surface area contributed by atoms with Gasteiger partial charge in [0, 0.05) is 13.1 Å². The molecule has 0 radical (unpaired) electrons. The fourth-order valence-electron chi connectivity index (χ4n) is 2.07. The maximum absolute atomic E-state index is 12.2. The first-order valence-electron chi connectivity index (χ1n) is 6.93. The van der Waals surface area contributed by atoms with Crippen LogP contribution < -0.4 is 9.62 Å². The Hall–Kier alpha value is -2.13. The van der Waals surface area contributed by atoms with Crippen LogP contribution in [0.1, 0.15) is 24.2 Å². The van der Waals surface area contributed by atoms with Gasteiger partial charge in [0.05, 0.1) is 11.9 Å². The molecular weight excluding hydrogens is 338 g/mol. The minimum atomic E-state index is -3.73. The molecule has 2 rings (SSSR count). The van der Waals surface area contributed by atoms with E-state index < -0.39 is 16.0 Å². The number of aromatic carboxylic acids is 1. The third-order valence-corrected chi connectivity index (χ3v) is 5.95. The molecule has 0 aromatic carbocycles. The van der Waals surface area contributed by atoms with Crippen LogP contribution in [0.2, 0.25) is 0 Å². The molecule has 0 saturated carbocycles. The van der Waals surface area contributed by atoms with Crippen molar-refractivity contribution in [1.82, 2.24) is 4.98 Å². The summed E-state index contributed by atoms with van der Waals surface area (Å²) in [5, 5.41) is 11.0. The summed E-state index contributed by atoms with van der Waals surface area (Å²) in [5.74, 6) is -0.835. The Morgan fingerprint density at radius 3 is 2.61 bits per heavy atom. The number of aromatic nitrogens is 1. The number of nitrogens with zero attached hydrogens (tertiary/aromatic N) is 2. The van der Waals surface area contributed by atoms with E-state index in [1.54, 1.807) is 16.3 Å². The molecule has 7 nitrogen and oxygen atoms in total. The molecule has 0 aliphatic rings. The Balaban J connectivity index is 2.39. The Morgan fingerprint density at radius 2 is 2.09 bits per heavy atom.